The van der Waals surface area contributed by atoms with Crippen LogP contribution in [0.3, 0.4) is 0 Å². The minimum atomic E-state index is -0.628. The van der Waals surface area contributed by atoms with Crippen LogP contribution in [-0.4, -0.2) is 58.1 Å². The lowest BCUT2D eigenvalue weighted by atomic mass is 10.1. The Bertz CT molecular complexity index is 857. The molecule has 10 nitrogen and oxygen atoms in total. The molecule has 0 fully saturated rings. The topological polar surface area (TPSA) is 125 Å². The fourth-order valence-electron chi connectivity index (χ4n) is 2.21. The second-order valence-corrected chi connectivity index (χ2v) is 6.61. The van der Waals surface area contributed by atoms with Gasteiger partial charge >= 0.3 is 11.9 Å². The Morgan fingerprint density at radius 2 is 1.86 bits per heavy atom. The van der Waals surface area contributed by atoms with Crippen LogP contribution in [0.1, 0.15) is 29.4 Å². The van der Waals surface area contributed by atoms with Gasteiger partial charge in [-0.2, -0.15) is 5.10 Å². The third-order valence-corrected chi connectivity index (χ3v) is 4.45. The predicted octanol–water partition coefficient (Wildman–Crippen LogP) is 1.97. The zero-order chi connectivity index (χ0) is 20.7. The number of methoxy groups -OCH3 is 2. The van der Waals surface area contributed by atoms with Crippen LogP contribution in [0.5, 0.6) is 0 Å². The largest absolute Gasteiger partial charge is 0.469 e. The number of rotatable bonds is 8. The standard InChI is InChI=1S/C16H18ClN5O5S/c1-26-12(23)4-10(5-13(24)27-2)22-8-9(6-19-22)20-15(25)14-11(17)7-18-16(21-14)28-3/h6-8,10H,4-5H2,1-3H3,(H,20,25). The summed E-state index contributed by atoms with van der Waals surface area (Å²) in [5, 5.41) is 7.24. The highest BCUT2D eigenvalue weighted by Gasteiger charge is 2.22. The molecule has 150 valence electrons. The maximum atomic E-state index is 12.5. The van der Waals surface area contributed by atoms with E-state index in [1.165, 1.54) is 49.3 Å². The number of aromatic nitrogens is 4. The van der Waals surface area contributed by atoms with Gasteiger partial charge in [0, 0.05) is 6.20 Å². The fraction of sp³-hybridized carbons (Fsp3) is 0.375. The second-order valence-electron chi connectivity index (χ2n) is 5.43. The number of halogens is 1. The van der Waals surface area contributed by atoms with E-state index in [2.05, 4.69) is 29.9 Å². The van der Waals surface area contributed by atoms with Crippen molar-refractivity contribution in [3.05, 3.63) is 29.3 Å². The Kier molecular flexibility index (Phi) is 7.76. The van der Waals surface area contributed by atoms with Crippen molar-refractivity contribution in [1.29, 1.82) is 0 Å². The first-order valence-corrected chi connectivity index (χ1v) is 9.53. The highest BCUT2D eigenvalue weighted by molar-refractivity contribution is 7.98. The molecule has 0 aromatic carbocycles. The van der Waals surface area contributed by atoms with E-state index in [-0.39, 0.29) is 23.6 Å². The van der Waals surface area contributed by atoms with Crippen molar-refractivity contribution in [1.82, 2.24) is 19.7 Å². The van der Waals surface area contributed by atoms with Crippen LogP contribution >= 0.6 is 23.4 Å². The molecule has 2 aromatic heterocycles. The lowest BCUT2D eigenvalue weighted by Crippen LogP contribution is -2.19. The van der Waals surface area contributed by atoms with Gasteiger partial charge in [0.15, 0.2) is 10.9 Å². The normalized spacial score (nSPS) is 10.6. The summed E-state index contributed by atoms with van der Waals surface area (Å²) >= 11 is 7.27. The average molecular weight is 428 g/mol. The molecule has 1 amide bonds. The smallest absolute Gasteiger partial charge is 0.307 e. The van der Waals surface area contributed by atoms with Gasteiger partial charge in [0.05, 0.1) is 56.2 Å². The SMILES string of the molecule is COC(=O)CC(CC(=O)OC)n1cc(NC(=O)c2nc(SC)ncc2Cl)cn1. The summed E-state index contributed by atoms with van der Waals surface area (Å²) in [6, 6.07) is -0.628. The summed E-state index contributed by atoms with van der Waals surface area (Å²) in [5.74, 6) is -1.56. The van der Waals surface area contributed by atoms with Gasteiger partial charge in [-0.1, -0.05) is 23.4 Å². The molecule has 0 radical (unpaired) electrons. The van der Waals surface area contributed by atoms with Crippen molar-refractivity contribution in [3.63, 3.8) is 0 Å². The molecule has 0 saturated heterocycles. The Morgan fingerprint density at radius 1 is 1.21 bits per heavy atom. The molecule has 12 heteroatoms. The molecule has 2 heterocycles. The molecular formula is C16H18ClN5O5S. The van der Waals surface area contributed by atoms with Crippen molar-refractivity contribution in [2.75, 3.05) is 25.8 Å². The molecule has 0 saturated carbocycles. The number of carbonyl (C=O) groups excluding carboxylic acids is 3. The monoisotopic (exact) mass is 427 g/mol. The second kappa shape index (κ2) is 10.0. The molecule has 2 aromatic rings. The predicted molar refractivity (Wildman–Crippen MR) is 101 cm³/mol. The van der Waals surface area contributed by atoms with Crippen molar-refractivity contribution in [2.45, 2.75) is 24.0 Å². The first kappa shape index (κ1) is 21.6. The average Bonchev–Trinajstić information content (AvgIpc) is 3.15. The van der Waals surface area contributed by atoms with Crippen LogP contribution in [0.25, 0.3) is 0 Å². The molecule has 1 N–H and O–H groups in total. The minimum absolute atomic E-state index is 0.0226. The number of hydrogen-bond donors (Lipinski definition) is 1. The van der Waals surface area contributed by atoms with Gasteiger partial charge in [0.1, 0.15) is 0 Å². The molecule has 28 heavy (non-hydrogen) atoms. The van der Waals surface area contributed by atoms with Crippen LogP contribution < -0.4 is 5.32 Å². The van der Waals surface area contributed by atoms with Crippen molar-refractivity contribution < 1.29 is 23.9 Å². The van der Waals surface area contributed by atoms with Gasteiger partial charge in [0.2, 0.25) is 0 Å². The number of nitrogens with one attached hydrogen (secondary N) is 1. The van der Waals surface area contributed by atoms with Crippen LogP contribution in [-0.2, 0) is 19.1 Å². The van der Waals surface area contributed by atoms with E-state index < -0.39 is 23.9 Å². The van der Waals surface area contributed by atoms with E-state index in [0.717, 1.165) is 0 Å². The highest BCUT2D eigenvalue weighted by Crippen LogP contribution is 2.21. The maximum Gasteiger partial charge on any atom is 0.307 e. The minimum Gasteiger partial charge on any atom is -0.469 e. The molecule has 0 bridgehead atoms. The van der Waals surface area contributed by atoms with Gasteiger partial charge in [0.25, 0.3) is 5.91 Å². The van der Waals surface area contributed by atoms with E-state index in [4.69, 9.17) is 11.6 Å². The number of carbonyl (C=O) groups is 3. The summed E-state index contributed by atoms with van der Waals surface area (Å²) in [4.78, 5) is 43.8. The van der Waals surface area contributed by atoms with Crippen molar-refractivity contribution >= 4 is 46.9 Å². The van der Waals surface area contributed by atoms with Crippen molar-refractivity contribution in [3.8, 4) is 0 Å². The highest BCUT2D eigenvalue weighted by atomic mass is 35.5. The number of esters is 2. The van der Waals surface area contributed by atoms with Crippen LogP contribution in [0.2, 0.25) is 5.02 Å². The first-order chi connectivity index (χ1) is 13.4. The van der Waals surface area contributed by atoms with Crippen LogP contribution in [0, 0.1) is 0 Å². The Morgan fingerprint density at radius 3 is 2.43 bits per heavy atom. The number of amides is 1. The third kappa shape index (κ3) is 5.67. The number of hydrogen-bond acceptors (Lipinski definition) is 9. The lowest BCUT2D eigenvalue weighted by molar-refractivity contribution is -0.144. The molecule has 0 aliphatic heterocycles. The first-order valence-electron chi connectivity index (χ1n) is 7.93. The Hall–Kier alpha value is -2.66. The zero-order valence-corrected chi connectivity index (χ0v) is 16.9. The number of nitrogens with zero attached hydrogens (tertiary/aromatic N) is 4. The van der Waals surface area contributed by atoms with E-state index in [1.54, 1.807) is 6.26 Å². The summed E-state index contributed by atoms with van der Waals surface area (Å²) in [6.45, 7) is 0. The summed E-state index contributed by atoms with van der Waals surface area (Å²) < 4.78 is 10.7. The van der Waals surface area contributed by atoms with Crippen LogP contribution in [0.15, 0.2) is 23.7 Å². The summed E-state index contributed by atoms with van der Waals surface area (Å²) in [6.07, 6.45) is 5.81. The molecule has 0 spiro atoms. The van der Waals surface area contributed by atoms with E-state index in [0.29, 0.717) is 10.8 Å². The molecule has 2 rings (SSSR count). The van der Waals surface area contributed by atoms with Gasteiger partial charge in [-0.05, 0) is 6.26 Å². The molecule has 0 atom stereocenters. The van der Waals surface area contributed by atoms with Gasteiger partial charge in [-0.3, -0.25) is 19.1 Å². The maximum absolute atomic E-state index is 12.5. The number of anilines is 1. The third-order valence-electron chi connectivity index (χ3n) is 3.61. The Labute approximate surface area is 170 Å². The molecular weight excluding hydrogens is 410 g/mol. The van der Waals surface area contributed by atoms with Gasteiger partial charge in [-0.25, -0.2) is 9.97 Å². The van der Waals surface area contributed by atoms with E-state index in [9.17, 15) is 14.4 Å². The van der Waals surface area contributed by atoms with Gasteiger partial charge < -0.3 is 14.8 Å². The molecule has 0 aliphatic carbocycles. The summed E-state index contributed by atoms with van der Waals surface area (Å²) in [7, 11) is 2.50. The zero-order valence-electron chi connectivity index (χ0n) is 15.3. The number of thioether (sulfide) groups is 1. The number of ether oxygens (including phenoxy) is 2. The fourth-order valence-corrected chi connectivity index (χ4v) is 2.73. The van der Waals surface area contributed by atoms with E-state index in [1.807, 2.05) is 0 Å². The Balaban J connectivity index is 2.17. The summed E-state index contributed by atoms with van der Waals surface area (Å²) in [5.41, 5.74) is 0.361. The lowest BCUT2D eigenvalue weighted by Gasteiger charge is -2.15. The quantitative estimate of drug-likeness (QED) is 0.382. The van der Waals surface area contributed by atoms with Gasteiger partial charge in [-0.15, -0.1) is 0 Å². The van der Waals surface area contributed by atoms with Crippen LogP contribution in [0.4, 0.5) is 5.69 Å². The molecule has 0 aliphatic rings. The molecule has 0 unspecified atom stereocenters. The van der Waals surface area contributed by atoms with E-state index >= 15 is 0 Å². The van der Waals surface area contributed by atoms with Crippen molar-refractivity contribution in [2.24, 2.45) is 0 Å².